The standard InChI is InChI=1S/C22H22N2O4/c1-4-28-18-11-5-15(6-12-18)13-19-20(25)23-22(27)24(21(19)26)17-9-7-16(8-10-17)14(2)3/h5-14H,4H2,1-3H3,(H,23,25,27). The molecule has 1 N–H and O–H groups in total. The van der Waals surface area contributed by atoms with Crippen molar-refractivity contribution in [1.29, 1.82) is 0 Å². The van der Waals surface area contributed by atoms with Gasteiger partial charge in [0.05, 0.1) is 12.3 Å². The Balaban J connectivity index is 1.91. The molecule has 0 radical (unpaired) electrons. The largest absolute Gasteiger partial charge is 0.494 e. The highest BCUT2D eigenvalue weighted by Gasteiger charge is 2.36. The monoisotopic (exact) mass is 378 g/mol. The van der Waals surface area contributed by atoms with E-state index in [4.69, 9.17) is 4.74 Å². The minimum Gasteiger partial charge on any atom is -0.494 e. The molecule has 4 amide bonds. The zero-order valence-corrected chi connectivity index (χ0v) is 16.1. The van der Waals surface area contributed by atoms with Gasteiger partial charge in [-0.3, -0.25) is 14.9 Å². The molecule has 2 aromatic rings. The van der Waals surface area contributed by atoms with Crippen LogP contribution in [0.4, 0.5) is 10.5 Å². The average molecular weight is 378 g/mol. The van der Waals surface area contributed by atoms with Gasteiger partial charge in [-0.05, 0) is 54.3 Å². The minimum absolute atomic E-state index is 0.100. The number of imide groups is 2. The Morgan fingerprint density at radius 2 is 1.64 bits per heavy atom. The summed E-state index contributed by atoms with van der Waals surface area (Å²) in [5, 5.41) is 2.23. The maximum absolute atomic E-state index is 12.9. The molecule has 144 valence electrons. The SMILES string of the molecule is CCOc1ccc(C=C2C(=O)NC(=O)N(c3ccc(C(C)C)cc3)C2=O)cc1. The molecular weight excluding hydrogens is 356 g/mol. The van der Waals surface area contributed by atoms with Gasteiger partial charge in [0.25, 0.3) is 11.8 Å². The predicted octanol–water partition coefficient (Wildman–Crippen LogP) is 3.88. The van der Waals surface area contributed by atoms with E-state index in [1.54, 1.807) is 36.4 Å². The van der Waals surface area contributed by atoms with Crippen LogP contribution in [0, 0.1) is 0 Å². The number of barbiturate groups is 1. The summed E-state index contributed by atoms with van der Waals surface area (Å²) >= 11 is 0. The molecule has 2 aromatic carbocycles. The Morgan fingerprint density at radius 3 is 2.21 bits per heavy atom. The van der Waals surface area contributed by atoms with Gasteiger partial charge >= 0.3 is 6.03 Å². The van der Waals surface area contributed by atoms with Crippen molar-refractivity contribution in [3.63, 3.8) is 0 Å². The van der Waals surface area contributed by atoms with Crippen LogP contribution < -0.4 is 15.0 Å². The van der Waals surface area contributed by atoms with Gasteiger partial charge < -0.3 is 4.74 Å². The summed E-state index contributed by atoms with van der Waals surface area (Å²) in [6.45, 7) is 6.56. The highest BCUT2D eigenvalue weighted by atomic mass is 16.5. The van der Waals surface area contributed by atoms with Crippen molar-refractivity contribution in [2.75, 3.05) is 11.5 Å². The molecule has 6 nitrogen and oxygen atoms in total. The molecule has 1 aliphatic rings. The van der Waals surface area contributed by atoms with Gasteiger partial charge in [0.1, 0.15) is 11.3 Å². The Morgan fingerprint density at radius 1 is 1.00 bits per heavy atom. The number of anilines is 1. The smallest absolute Gasteiger partial charge is 0.335 e. The van der Waals surface area contributed by atoms with E-state index in [0.717, 1.165) is 10.5 Å². The molecule has 1 saturated heterocycles. The molecule has 0 bridgehead atoms. The van der Waals surface area contributed by atoms with Gasteiger partial charge in [0.2, 0.25) is 0 Å². The topological polar surface area (TPSA) is 75.7 Å². The molecule has 1 heterocycles. The Kier molecular flexibility index (Phi) is 5.59. The van der Waals surface area contributed by atoms with E-state index in [1.165, 1.54) is 6.08 Å². The van der Waals surface area contributed by atoms with Crippen LogP contribution >= 0.6 is 0 Å². The number of carbonyl (C=O) groups excluding carboxylic acids is 3. The first-order valence-electron chi connectivity index (χ1n) is 9.15. The maximum Gasteiger partial charge on any atom is 0.335 e. The third-order valence-electron chi connectivity index (χ3n) is 4.42. The third kappa shape index (κ3) is 3.96. The van der Waals surface area contributed by atoms with Crippen LogP contribution in [0.15, 0.2) is 54.1 Å². The Labute approximate surface area is 163 Å². The molecule has 0 aromatic heterocycles. The van der Waals surface area contributed by atoms with E-state index < -0.39 is 17.8 Å². The van der Waals surface area contributed by atoms with E-state index in [-0.39, 0.29) is 5.57 Å². The fraction of sp³-hybridized carbons (Fsp3) is 0.227. The lowest BCUT2D eigenvalue weighted by atomic mass is 10.0. The van der Waals surface area contributed by atoms with Crippen LogP contribution in [-0.4, -0.2) is 24.5 Å². The highest BCUT2D eigenvalue weighted by molar-refractivity contribution is 6.39. The molecule has 6 heteroatoms. The van der Waals surface area contributed by atoms with Crippen molar-refractivity contribution < 1.29 is 19.1 Å². The van der Waals surface area contributed by atoms with Crippen LogP contribution in [0.25, 0.3) is 6.08 Å². The van der Waals surface area contributed by atoms with Crippen LogP contribution in [0.3, 0.4) is 0 Å². The zero-order valence-electron chi connectivity index (χ0n) is 16.1. The molecular formula is C22H22N2O4. The predicted molar refractivity (Wildman–Crippen MR) is 107 cm³/mol. The van der Waals surface area contributed by atoms with E-state index in [1.807, 2.05) is 19.1 Å². The number of hydrogen-bond acceptors (Lipinski definition) is 4. The van der Waals surface area contributed by atoms with Crippen molar-refractivity contribution in [2.45, 2.75) is 26.7 Å². The second-order valence-electron chi connectivity index (χ2n) is 6.71. The quantitative estimate of drug-likeness (QED) is 0.633. The zero-order chi connectivity index (χ0) is 20.3. The van der Waals surface area contributed by atoms with Crippen molar-refractivity contribution in [3.05, 3.63) is 65.2 Å². The Bertz CT molecular complexity index is 928. The van der Waals surface area contributed by atoms with Crippen molar-refractivity contribution in [1.82, 2.24) is 5.32 Å². The van der Waals surface area contributed by atoms with Crippen LogP contribution in [0.1, 0.15) is 37.8 Å². The lowest BCUT2D eigenvalue weighted by molar-refractivity contribution is -0.122. The molecule has 0 atom stereocenters. The molecule has 28 heavy (non-hydrogen) atoms. The summed E-state index contributed by atoms with van der Waals surface area (Å²) in [7, 11) is 0. The van der Waals surface area contributed by atoms with Gasteiger partial charge in [-0.1, -0.05) is 38.1 Å². The van der Waals surface area contributed by atoms with Crippen LogP contribution in [0.2, 0.25) is 0 Å². The molecule has 1 fully saturated rings. The number of benzene rings is 2. The number of amides is 4. The molecule has 1 aliphatic heterocycles. The summed E-state index contributed by atoms with van der Waals surface area (Å²) in [6.07, 6.45) is 1.47. The van der Waals surface area contributed by atoms with Crippen molar-refractivity contribution in [3.8, 4) is 5.75 Å². The fourth-order valence-electron chi connectivity index (χ4n) is 2.89. The number of urea groups is 1. The number of carbonyl (C=O) groups is 3. The van der Waals surface area contributed by atoms with Gasteiger partial charge in [0, 0.05) is 0 Å². The summed E-state index contributed by atoms with van der Waals surface area (Å²) in [5.41, 5.74) is 2.06. The number of hydrogen-bond donors (Lipinski definition) is 1. The molecule has 0 aliphatic carbocycles. The fourth-order valence-corrected chi connectivity index (χ4v) is 2.89. The van der Waals surface area contributed by atoms with Gasteiger partial charge in [-0.2, -0.15) is 0 Å². The third-order valence-corrected chi connectivity index (χ3v) is 4.42. The van der Waals surface area contributed by atoms with E-state index in [0.29, 0.717) is 29.5 Å². The van der Waals surface area contributed by atoms with Crippen LogP contribution in [-0.2, 0) is 9.59 Å². The van der Waals surface area contributed by atoms with E-state index in [9.17, 15) is 14.4 Å². The lowest BCUT2D eigenvalue weighted by Crippen LogP contribution is -2.54. The van der Waals surface area contributed by atoms with E-state index >= 15 is 0 Å². The first-order valence-corrected chi connectivity index (χ1v) is 9.15. The maximum atomic E-state index is 12.9. The van der Waals surface area contributed by atoms with Crippen LogP contribution in [0.5, 0.6) is 5.75 Å². The summed E-state index contributed by atoms with van der Waals surface area (Å²) in [4.78, 5) is 38.4. The number of rotatable bonds is 5. The average Bonchev–Trinajstić information content (AvgIpc) is 2.67. The molecule has 3 rings (SSSR count). The number of nitrogens with one attached hydrogen (secondary N) is 1. The number of ether oxygens (including phenoxy) is 1. The lowest BCUT2D eigenvalue weighted by Gasteiger charge is -2.26. The summed E-state index contributed by atoms with van der Waals surface area (Å²) < 4.78 is 5.39. The number of nitrogens with zero attached hydrogens (tertiary/aromatic N) is 1. The second kappa shape index (κ2) is 8.08. The second-order valence-corrected chi connectivity index (χ2v) is 6.71. The van der Waals surface area contributed by atoms with Gasteiger partial charge in [0.15, 0.2) is 0 Å². The summed E-state index contributed by atoms with van der Waals surface area (Å²) in [6, 6.07) is 13.4. The molecule has 0 saturated carbocycles. The molecule has 0 unspecified atom stereocenters. The van der Waals surface area contributed by atoms with Crippen molar-refractivity contribution >= 4 is 29.6 Å². The van der Waals surface area contributed by atoms with Gasteiger partial charge in [-0.25, -0.2) is 9.69 Å². The first-order chi connectivity index (χ1) is 13.4. The normalized spacial score (nSPS) is 15.9. The van der Waals surface area contributed by atoms with Crippen molar-refractivity contribution in [2.24, 2.45) is 0 Å². The Hall–Kier alpha value is -3.41. The van der Waals surface area contributed by atoms with Gasteiger partial charge in [-0.15, -0.1) is 0 Å². The minimum atomic E-state index is -0.754. The van der Waals surface area contributed by atoms with E-state index in [2.05, 4.69) is 19.2 Å². The highest BCUT2D eigenvalue weighted by Crippen LogP contribution is 2.24. The first kappa shape index (κ1) is 19.4. The summed E-state index contributed by atoms with van der Waals surface area (Å²) in [5.74, 6) is -0.332. The molecule has 0 spiro atoms.